The molecular formula is C11H15F3N2O. The number of aromatic nitrogens is 1. The van der Waals surface area contributed by atoms with Crippen LogP contribution in [0.25, 0.3) is 0 Å². The summed E-state index contributed by atoms with van der Waals surface area (Å²) in [6.45, 7) is 2.34. The maximum absolute atomic E-state index is 12.3. The zero-order valence-corrected chi connectivity index (χ0v) is 9.70. The van der Waals surface area contributed by atoms with Gasteiger partial charge in [0.25, 0.3) is 0 Å². The van der Waals surface area contributed by atoms with Gasteiger partial charge in [-0.15, -0.1) is 0 Å². The average molecular weight is 248 g/mol. The quantitative estimate of drug-likeness (QED) is 0.889. The van der Waals surface area contributed by atoms with E-state index in [1.54, 1.807) is 19.9 Å². The summed E-state index contributed by atoms with van der Waals surface area (Å²) in [6.07, 6.45) is -3.59. The lowest BCUT2D eigenvalue weighted by molar-refractivity contribution is -0.119. The fourth-order valence-corrected chi connectivity index (χ4v) is 1.44. The van der Waals surface area contributed by atoms with Gasteiger partial charge in [0.15, 0.2) is 0 Å². The molecule has 0 radical (unpaired) electrons. The highest BCUT2D eigenvalue weighted by Crippen LogP contribution is 2.22. The molecule has 0 aliphatic heterocycles. The van der Waals surface area contributed by atoms with Crippen molar-refractivity contribution in [1.29, 1.82) is 0 Å². The lowest BCUT2D eigenvalue weighted by Gasteiger charge is -2.23. The molecule has 0 fully saturated rings. The SMILES string of the molecule is CCN(CC(F)(F)F)c1cc(C(C)O)ccn1. The molecule has 1 aromatic rings. The smallest absolute Gasteiger partial charge is 0.389 e. The topological polar surface area (TPSA) is 36.4 Å². The Hall–Kier alpha value is -1.30. The van der Waals surface area contributed by atoms with Crippen LogP contribution in [0.1, 0.15) is 25.5 Å². The van der Waals surface area contributed by atoms with Crippen LogP contribution in [0.5, 0.6) is 0 Å². The lowest BCUT2D eigenvalue weighted by atomic mass is 10.1. The van der Waals surface area contributed by atoms with Crippen molar-refractivity contribution in [3.05, 3.63) is 23.9 Å². The second kappa shape index (κ2) is 5.35. The number of aliphatic hydroxyl groups is 1. The van der Waals surface area contributed by atoms with Crippen LogP contribution in [0.4, 0.5) is 19.0 Å². The van der Waals surface area contributed by atoms with Gasteiger partial charge in [-0.25, -0.2) is 4.98 Å². The van der Waals surface area contributed by atoms with Gasteiger partial charge in [-0.1, -0.05) is 0 Å². The maximum Gasteiger partial charge on any atom is 0.405 e. The summed E-state index contributed by atoms with van der Waals surface area (Å²) >= 11 is 0. The number of hydrogen-bond donors (Lipinski definition) is 1. The van der Waals surface area contributed by atoms with E-state index in [1.165, 1.54) is 12.3 Å². The molecule has 0 aliphatic carbocycles. The van der Waals surface area contributed by atoms with E-state index >= 15 is 0 Å². The van der Waals surface area contributed by atoms with Gasteiger partial charge in [0.05, 0.1) is 6.10 Å². The zero-order chi connectivity index (χ0) is 13.1. The molecule has 1 unspecified atom stereocenters. The van der Waals surface area contributed by atoms with E-state index in [1.807, 2.05) is 0 Å². The molecule has 0 amide bonds. The Bertz CT molecular complexity index is 366. The number of alkyl halides is 3. The van der Waals surface area contributed by atoms with Crippen LogP contribution < -0.4 is 4.90 Å². The van der Waals surface area contributed by atoms with Gasteiger partial charge in [0.2, 0.25) is 0 Å². The zero-order valence-electron chi connectivity index (χ0n) is 9.70. The van der Waals surface area contributed by atoms with Crippen LogP contribution >= 0.6 is 0 Å². The molecule has 0 spiro atoms. The minimum Gasteiger partial charge on any atom is -0.389 e. The van der Waals surface area contributed by atoms with Crippen molar-refractivity contribution in [3.8, 4) is 0 Å². The monoisotopic (exact) mass is 248 g/mol. The number of rotatable bonds is 4. The number of pyridine rings is 1. The van der Waals surface area contributed by atoms with Gasteiger partial charge in [0, 0.05) is 12.7 Å². The molecule has 0 aromatic carbocycles. The van der Waals surface area contributed by atoms with Crippen molar-refractivity contribution in [3.63, 3.8) is 0 Å². The molecule has 0 saturated heterocycles. The highest BCUT2D eigenvalue weighted by molar-refractivity contribution is 5.41. The standard InChI is InChI=1S/C11H15F3N2O/c1-3-16(7-11(12,13)14)10-6-9(8(2)17)4-5-15-10/h4-6,8,17H,3,7H2,1-2H3. The van der Waals surface area contributed by atoms with E-state index in [4.69, 9.17) is 0 Å². The number of anilines is 1. The van der Waals surface area contributed by atoms with Crippen molar-refractivity contribution in [1.82, 2.24) is 4.98 Å². The summed E-state index contributed by atoms with van der Waals surface area (Å²) in [5.41, 5.74) is 0.552. The molecule has 1 atom stereocenters. The molecule has 96 valence electrons. The van der Waals surface area contributed by atoms with Gasteiger partial charge in [-0.3, -0.25) is 0 Å². The molecule has 0 aliphatic rings. The normalized spacial score (nSPS) is 13.5. The van der Waals surface area contributed by atoms with Crippen LogP contribution in [0.15, 0.2) is 18.3 Å². The summed E-state index contributed by atoms with van der Waals surface area (Å²) in [7, 11) is 0. The van der Waals surface area contributed by atoms with Gasteiger partial charge >= 0.3 is 6.18 Å². The molecule has 3 nitrogen and oxygen atoms in total. The Balaban J connectivity index is 2.92. The molecule has 6 heteroatoms. The first-order chi connectivity index (χ1) is 7.83. The first-order valence-corrected chi connectivity index (χ1v) is 5.29. The predicted molar refractivity (Wildman–Crippen MR) is 58.8 cm³/mol. The summed E-state index contributed by atoms with van der Waals surface area (Å²) < 4.78 is 37.0. The van der Waals surface area contributed by atoms with Crippen LogP contribution in [-0.2, 0) is 0 Å². The Morgan fingerprint density at radius 2 is 2.12 bits per heavy atom. The van der Waals surface area contributed by atoms with E-state index in [-0.39, 0.29) is 12.4 Å². The highest BCUT2D eigenvalue weighted by atomic mass is 19.4. The molecule has 1 N–H and O–H groups in total. The third-order valence-electron chi connectivity index (χ3n) is 2.33. The van der Waals surface area contributed by atoms with Crippen molar-refractivity contribution in [2.24, 2.45) is 0 Å². The van der Waals surface area contributed by atoms with E-state index in [9.17, 15) is 18.3 Å². The lowest BCUT2D eigenvalue weighted by Crippen LogP contribution is -2.34. The Morgan fingerprint density at radius 1 is 1.47 bits per heavy atom. The summed E-state index contributed by atoms with van der Waals surface area (Å²) in [6, 6.07) is 3.05. The number of hydrogen-bond acceptors (Lipinski definition) is 3. The van der Waals surface area contributed by atoms with Crippen LogP contribution in [0.3, 0.4) is 0 Å². The third-order valence-corrected chi connectivity index (χ3v) is 2.33. The third kappa shape index (κ3) is 4.22. The first kappa shape index (κ1) is 13.8. The van der Waals surface area contributed by atoms with Gasteiger partial charge in [-0.2, -0.15) is 13.2 Å². The van der Waals surface area contributed by atoms with Crippen molar-refractivity contribution in [2.75, 3.05) is 18.0 Å². The van der Waals surface area contributed by atoms with Crippen molar-refractivity contribution >= 4 is 5.82 Å². The second-order valence-corrected chi connectivity index (χ2v) is 3.75. The van der Waals surface area contributed by atoms with E-state index < -0.39 is 18.8 Å². The average Bonchev–Trinajstić information content (AvgIpc) is 2.25. The van der Waals surface area contributed by atoms with Gasteiger partial charge in [-0.05, 0) is 31.5 Å². The molecule has 0 saturated carbocycles. The number of halogens is 3. The molecule has 1 heterocycles. The largest absolute Gasteiger partial charge is 0.405 e. The summed E-state index contributed by atoms with van der Waals surface area (Å²) in [5.74, 6) is 0.225. The minimum absolute atomic E-state index is 0.204. The van der Waals surface area contributed by atoms with Crippen molar-refractivity contribution in [2.45, 2.75) is 26.1 Å². The van der Waals surface area contributed by atoms with E-state index in [0.717, 1.165) is 4.90 Å². The van der Waals surface area contributed by atoms with Crippen molar-refractivity contribution < 1.29 is 18.3 Å². The molecule has 1 rings (SSSR count). The second-order valence-electron chi connectivity index (χ2n) is 3.75. The van der Waals surface area contributed by atoms with Crippen LogP contribution in [0, 0.1) is 0 Å². The van der Waals surface area contributed by atoms with Gasteiger partial charge < -0.3 is 10.0 Å². The minimum atomic E-state index is -4.27. The number of nitrogens with zero attached hydrogens (tertiary/aromatic N) is 2. The maximum atomic E-state index is 12.3. The predicted octanol–water partition coefficient (Wildman–Crippen LogP) is 2.52. The fraction of sp³-hybridized carbons (Fsp3) is 0.545. The fourth-order valence-electron chi connectivity index (χ4n) is 1.44. The van der Waals surface area contributed by atoms with Gasteiger partial charge in [0.1, 0.15) is 12.4 Å². The Morgan fingerprint density at radius 3 is 2.59 bits per heavy atom. The highest BCUT2D eigenvalue weighted by Gasteiger charge is 2.30. The molecular weight excluding hydrogens is 233 g/mol. The Kier molecular flexibility index (Phi) is 4.34. The first-order valence-electron chi connectivity index (χ1n) is 5.29. The molecule has 17 heavy (non-hydrogen) atoms. The number of aliphatic hydroxyl groups excluding tert-OH is 1. The summed E-state index contributed by atoms with van der Waals surface area (Å²) in [5, 5.41) is 9.37. The van der Waals surface area contributed by atoms with E-state index in [2.05, 4.69) is 4.98 Å². The Labute approximate surface area is 97.9 Å². The summed E-state index contributed by atoms with van der Waals surface area (Å²) in [4.78, 5) is 5.01. The molecule has 1 aromatic heterocycles. The van der Waals surface area contributed by atoms with E-state index in [0.29, 0.717) is 5.56 Å². The molecule has 0 bridgehead atoms. The van der Waals surface area contributed by atoms with Crippen LogP contribution in [-0.4, -0.2) is 29.4 Å². The van der Waals surface area contributed by atoms with Crippen LogP contribution in [0.2, 0.25) is 0 Å².